The monoisotopic (exact) mass is 444 g/mol. The van der Waals surface area contributed by atoms with Gasteiger partial charge >= 0.3 is 0 Å². The molecule has 3 heterocycles. The molecule has 2 aliphatic rings. The van der Waals surface area contributed by atoms with Gasteiger partial charge in [0.1, 0.15) is 5.75 Å². The van der Waals surface area contributed by atoms with E-state index in [1.165, 1.54) is 19.5 Å². The van der Waals surface area contributed by atoms with Gasteiger partial charge in [-0.3, -0.25) is 4.79 Å². The first-order valence-electron chi connectivity index (χ1n) is 11.7. The highest BCUT2D eigenvalue weighted by atomic mass is 32.1. The second-order valence-corrected chi connectivity index (χ2v) is 10.5. The number of nitrogens with one attached hydrogen (secondary N) is 1. The number of carbonyl (C=O) groups is 1. The summed E-state index contributed by atoms with van der Waals surface area (Å²) < 4.78 is 6.46. The molecular formula is C24H36N4O2S. The van der Waals surface area contributed by atoms with Crippen LogP contribution < -0.4 is 15.0 Å². The van der Waals surface area contributed by atoms with Crippen LogP contribution in [-0.4, -0.2) is 62.2 Å². The Morgan fingerprint density at radius 1 is 1.26 bits per heavy atom. The molecule has 0 radical (unpaired) electrons. The van der Waals surface area contributed by atoms with Crippen LogP contribution in [0, 0.1) is 17.8 Å². The van der Waals surface area contributed by atoms with Crippen LogP contribution in [0.25, 0.3) is 10.2 Å². The number of hydrogen-bond donors (Lipinski definition) is 1. The zero-order valence-electron chi connectivity index (χ0n) is 19.1. The Kier molecular flexibility index (Phi) is 7.33. The number of rotatable bonds is 7. The number of aromatic nitrogens is 1. The van der Waals surface area contributed by atoms with E-state index in [0.717, 1.165) is 78.4 Å². The van der Waals surface area contributed by atoms with Crippen LogP contribution in [0.2, 0.25) is 0 Å². The largest absolute Gasteiger partial charge is 0.497 e. The van der Waals surface area contributed by atoms with E-state index in [1.54, 1.807) is 18.4 Å². The molecule has 1 aromatic heterocycles. The quantitative estimate of drug-likeness (QED) is 0.654. The van der Waals surface area contributed by atoms with Gasteiger partial charge in [-0.2, -0.15) is 0 Å². The van der Waals surface area contributed by atoms with Gasteiger partial charge in [0.05, 0.1) is 23.2 Å². The Bertz CT molecular complexity index is 876. The summed E-state index contributed by atoms with van der Waals surface area (Å²) in [5, 5.41) is 4.21. The maximum atomic E-state index is 12.8. The van der Waals surface area contributed by atoms with Gasteiger partial charge < -0.3 is 19.9 Å². The molecule has 1 N–H and O–H groups in total. The Hall–Kier alpha value is -1.86. The molecule has 4 rings (SSSR count). The fourth-order valence-corrected chi connectivity index (χ4v) is 6.18. The fourth-order valence-electron chi connectivity index (χ4n) is 5.15. The van der Waals surface area contributed by atoms with Crippen LogP contribution in [-0.2, 0) is 4.79 Å². The molecule has 2 saturated heterocycles. The molecule has 0 unspecified atom stereocenters. The smallest absolute Gasteiger partial charge is 0.224 e. The summed E-state index contributed by atoms with van der Waals surface area (Å²) in [4.78, 5) is 22.4. The van der Waals surface area contributed by atoms with Gasteiger partial charge in [0.25, 0.3) is 0 Å². The normalized spacial score (nSPS) is 25.0. The molecule has 0 saturated carbocycles. The van der Waals surface area contributed by atoms with Crippen LogP contribution in [0.4, 0.5) is 5.13 Å². The Morgan fingerprint density at radius 3 is 2.84 bits per heavy atom. The van der Waals surface area contributed by atoms with E-state index < -0.39 is 0 Å². The predicted octanol–water partition coefficient (Wildman–Crippen LogP) is 4.01. The highest BCUT2D eigenvalue weighted by Gasteiger charge is 2.27. The van der Waals surface area contributed by atoms with Crippen molar-refractivity contribution in [3.63, 3.8) is 0 Å². The highest BCUT2D eigenvalue weighted by Crippen LogP contribution is 2.33. The summed E-state index contributed by atoms with van der Waals surface area (Å²) in [6, 6.07) is 5.99. The molecule has 6 nitrogen and oxygen atoms in total. The Balaban J connectivity index is 1.26. The first-order valence-corrected chi connectivity index (χ1v) is 12.5. The number of benzene rings is 1. The molecule has 7 heteroatoms. The highest BCUT2D eigenvalue weighted by molar-refractivity contribution is 7.22. The summed E-state index contributed by atoms with van der Waals surface area (Å²) in [6.45, 7) is 10.7. The lowest BCUT2D eigenvalue weighted by molar-refractivity contribution is -0.125. The number of amides is 1. The molecule has 2 aromatic rings. The number of fused-ring (bicyclic) bond motifs is 1. The number of nitrogens with zero attached hydrogens (tertiary/aromatic N) is 3. The third-order valence-electron chi connectivity index (χ3n) is 6.54. The Morgan fingerprint density at radius 2 is 2.06 bits per heavy atom. The molecule has 0 spiro atoms. The van der Waals surface area contributed by atoms with E-state index in [2.05, 4.69) is 29.0 Å². The average molecular weight is 445 g/mol. The molecule has 0 aliphatic carbocycles. The van der Waals surface area contributed by atoms with E-state index in [4.69, 9.17) is 9.72 Å². The molecule has 1 aromatic carbocycles. The zero-order chi connectivity index (χ0) is 21.8. The standard InChI is InChI=1S/C24H36N4O2S/c1-17-12-18(2)15-27(14-17)10-5-9-25-23(29)19-6-4-11-28(16-19)24-26-21-8-7-20(30-3)13-22(21)31-24/h7-8,13,17-19H,4-6,9-12,14-16H2,1-3H3,(H,25,29)/t17-,18-,19+/m0/s1. The van der Waals surface area contributed by atoms with Crippen LogP contribution in [0.1, 0.15) is 39.5 Å². The van der Waals surface area contributed by atoms with E-state index in [1.807, 2.05) is 18.2 Å². The molecule has 31 heavy (non-hydrogen) atoms. The average Bonchev–Trinajstić information content (AvgIpc) is 3.19. The van der Waals surface area contributed by atoms with Crippen LogP contribution in [0.3, 0.4) is 0 Å². The maximum Gasteiger partial charge on any atom is 0.224 e. The minimum absolute atomic E-state index is 0.0466. The summed E-state index contributed by atoms with van der Waals surface area (Å²) in [7, 11) is 1.69. The molecule has 1 amide bonds. The maximum absolute atomic E-state index is 12.8. The van der Waals surface area contributed by atoms with Gasteiger partial charge in [0, 0.05) is 32.7 Å². The lowest BCUT2D eigenvalue weighted by Gasteiger charge is -2.35. The number of ether oxygens (including phenoxy) is 1. The van der Waals surface area contributed by atoms with Gasteiger partial charge in [-0.05, 0) is 62.3 Å². The van der Waals surface area contributed by atoms with E-state index in [-0.39, 0.29) is 11.8 Å². The third kappa shape index (κ3) is 5.69. The van der Waals surface area contributed by atoms with Crippen molar-refractivity contribution in [2.45, 2.75) is 39.5 Å². The third-order valence-corrected chi connectivity index (χ3v) is 7.62. The Labute approximate surface area is 190 Å². The number of thiazole rings is 1. The van der Waals surface area contributed by atoms with Crippen molar-refractivity contribution in [3.8, 4) is 5.75 Å². The van der Waals surface area contributed by atoms with Crippen molar-refractivity contribution < 1.29 is 9.53 Å². The molecule has 170 valence electrons. The zero-order valence-corrected chi connectivity index (χ0v) is 19.9. The van der Waals surface area contributed by atoms with Crippen LogP contribution in [0.15, 0.2) is 18.2 Å². The number of likely N-dealkylation sites (tertiary alicyclic amines) is 1. The number of carbonyl (C=O) groups excluding carboxylic acids is 1. The van der Waals surface area contributed by atoms with Crippen molar-refractivity contribution >= 4 is 32.6 Å². The van der Waals surface area contributed by atoms with Crippen molar-refractivity contribution in [1.29, 1.82) is 0 Å². The van der Waals surface area contributed by atoms with Crippen LogP contribution >= 0.6 is 11.3 Å². The summed E-state index contributed by atoms with van der Waals surface area (Å²) >= 11 is 1.68. The lowest BCUT2D eigenvalue weighted by Crippen LogP contribution is -2.44. The number of methoxy groups -OCH3 is 1. The minimum atomic E-state index is 0.0466. The number of piperidine rings is 2. The molecule has 2 fully saturated rings. The summed E-state index contributed by atoms with van der Waals surface area (Å²) in [6.07, 6.45) is 4.36. The van der Waals surface area contributed by atoms with Crippen molar-refractivity contribution in [2.75, 3.05) is 51.3 Å². The van der Waals surface area contributed by atoms with Gasteiger partial charge in [-0.1, -0.05) is 25.2 Å². The predicted molar refractivity (Wildman–Crippen MR) is 128 cm³/mol. The molecular weight excluding hydrogens is 408 g/mol. The van der Waals surface area contributed by atoms with E-state index >= 15 is 0 Å². The molecule has 3 atom stereocenters. The van der Waals surface area contributed by atoms with Gasteiger partial charge in [-0.15, -0.1) is 0 Å². The summed E-state index contributed by atoms with van der Waals surface area (Å²) in [5.41, 5.74) is 0.994. The molecule has 2 aliphatic heterocycles. The van der Waals surface area contributed by atoms with E-state index in [0.29, 0.717) is 0 Å². The van der Waals surface area contributed by atoms with Gasteiger partial charge in [0.2, 0.25) is 5.91 Å². The van der Waals surface area contributed by atoms with Crippen molar-refractivity contribution in [1.82, 2.24) is 15.2 Å². The van der Waals surface area contributed by atoms with Crippen LogP contribution in [0.5, 0.6) is 5.75 Å². The first-order chi connectivity index (χ1) is 15.0. The van der Waals surface area contributed by atoms with E-state index in [9.17, 15) is 4.79 Å². The lowest BCUT2D eigenvalue weighted by atomic mass is 9.92. The topological polar surface area (TPSA) is 57.7 Å². The molecule has 0 bridgehead atoms. The van der Waals surface area contributed by atoms with Gasteiger partial charge in [-0.25, -0.2) is 4.98 Å². The summed E-state index contributed by atoms with van der Waals surface area (Å²) in [5.74, 6) is 2.68. The SMILES string of the molecule is COc1ccc2nc(N3CCC[C@@H](C(=O)NCCCN4C[C@@H](C)C[C@H](C)C4)C3)sc2c1. The number of hydrogen-bond acceptors (Lipinski definition) is 6. The second kappa shape index (κ2) is 10.2. The second-order valence-electron chi connectivity index (χ2n) is 9.47. The first kappa shape index (κ1) is 22.3. The van der Waals surface area contributed by atoms with Gasteiger partial charge in [0.15, 0.2) is 5.13 Å². The minimum Gasteiger partial charge on any atom is -0.497 e. The van der Waals surface area contributed by atoms with Crippen molar-refractivity contribution in [2.24, 2.45) is 17.8 Å². The number of anilines is 1. The van der Waals surface area contributed by atoms with Crippen molar-refractivity contribution in [3.05, 3.63) is 18.2 Å². The fraction of sp³-hybridized carbons (Fsp3) is 0.667.